The van der Waals surface area contributed by atoms with E-state index in [0.717, 1.165) is 5.92 Å². The quantitative estimate of drug-likeness (QED) is 0.705. The Morgan fingerprint density at radius 3 is 2.33 bits per heavy atom. The number of rotatable bonds is 4. The minimum atomic E-state index is -0.208. The number of ether oxygens (including phenoxy) is 1. The van der Waals surface area contributed by atoms with Crippen LogP contribution < -0.4 is 0 Å². The second-order valence-corrected chi connectivity index (χ2v) is 5.11. The van der Waals surface area contributed by atoms with Crippen LogP contribution in [0.5, 0.6) is 0 Å². The van der Waals surface area contributed by atoms with Crippen molar-refractivity contribution >= 4 is 5.97 Å². The van der Waals surface area contributed by atoms with Crippen molar-refractivity contribution in [2.24, 2.45) is 11.8 Å². The SMILES string of the molecule is CCCC1CC2=C(C=CC(C(=O)OCC)C=C2)C1. The van der Waals surface area contributed by atoms with Crippen LogP contribution in [-0.2, 0) is 9.53 Å². The molecule has 0 spiro atoms. The molecule has 0 fully saturated rings. The maximum absolute atomic E-state index is 11.7. The van der Waals surface area contributed by atoms with Crippen molar-refractivity contribution in [2.75, 3.05) is 6.61 Å². The van der Waals surface area contributed by atoms with Gasteiger partial charge in [-0.15, -0.1) is 0 Å². The van der Waals surface area contributed by atoms with Gasteiger partial charge in [0.2, 0.25) is 0 Å². The Labute approximate surface area is 109 Å². The molecule has 0 heterocycles. The summed E-state index contributed by atoms with van der Waals surface area (Å²) >= 11 is 0. The summed E-state index contributed by atoms with van der Waals surface area (Å²) in [5.41, 5.74) is 2.83. The fraction of sp³-hybridized carbons (Fsp3) is 0.562. The Bertz CT molecular complexity index is 375. The van der Waals surface area contributed by atoms with Crippen molar-refractivity contribution in [3.8, 4) is 0 Å². The maximum Gasteiger partial charge on any atom is 0.316 e. The fourth-order valence-electron chi connectivity index (χ4n) is 2.82. The molecule has 2 aliphatic carbocycles. The first kappa shape index (κ1) is 13.1. The van der Waals surface area contributed by atoms with E-state index in [0.29, 0.717) is 6.61 Å². The van der Waals surface area contributed by atoms with Crippen molar-refractivity contribution < 1.29 is 9.53 Å². The number of carbonyl (C=O) groups excluding carboxylic acids is 1. The number of allylic oxidation sites excluding steroid dienone is 4. The minimum Gasteiger partial charge on any atom is -0.465 e. The summed E-state index contributed by atoms with van der Waals surface area (Å²) < 4.78 is 5.06. The molecule has 0 aromatic heterocycles. The van der Waals surface area contributed by atoms with Crippen LogP contribution in [0.4, 0.5) is 0 Å². The van der Waals surface area contributed by atoms with Gasteiger partial charge in [-0.25, -0.2) is 0 Å². The number of esters is 1. The molecule has 2 heteroatoms. The van der Waals surface area contributed by atoms with E-state index in [-0.39, 0.29) is 11.9 Å². The van der Waals surface area contributed by atoms with Gasteiger partial charge in [0, 0.05) is 0 Å². The molecule has 2 aliphatic rings. The van der Waals surface area contributed by atoms with Crippen LogP contribution in [0.25, 0.3) is 0 Å². The van der Waals surface area contributed by atoms with Crippen LogP contribution in [-0.4, -0.2) is 12.6 Å². The highest BCUT2D eigenvalue weighted by Crippen LogP contribution is 2.37. The smallest absolute Gasteiger partial charge is 0.316 e. The van der Waals surface area contributed by atoms with E-state index in [4.69, 9.17) is 4.74 Å². The summed E-state index contributed by atoms with van der Waals surface area (Å²) in [5, 5.41) is 0. The standard InChI is InChI=1S/C16H22O2/c1-3-5-12-10-14-8-6-13(16(17)18-4-2)7-9-15(14)11-12/h6-9,12-13H,3-5,10-11H2,1-2H3. The second kappa shape index (κ2) is 6.03. The summed E-state index contributed by atoms with van der Waals surface area (Å²) in [6.45, 7) is 4.53. The van der Waals surface area contributed by atoms with Gasteiger partial charge in [-0.05, 0) is 36.8 Å². The maximum atomic E-state index is 11.7. The molecule has 0 aromatic rings. The highest BCUT2D eigenvalue weighted by Gasteiger charge is 2.23. The van der Waals surface area contributed by atoms with Gasteiger partial charge in [-0.3, -0.25) is 4.79 Å². The van der Waals surface area contributed by atoms with Crippen molar-refractivity contribution in [2.45, 2.75) is 39.5 Å². The Morgan fingerprint density at radius 2 is 1.83 bits per heavy atom. The van der Waals surface area contributed by atoms with E-state index in [1.165, 1.54) is 36.8 Å². The van der Waals surface area contributed by atoms with Gasteiger partial charge in [-0.1, -0.05) is 44.1 Å². The zero-order valence-electron chi connectivity index (χ0n) is 11.3. The summed E-state index contributed by atoms with van der Waals surface area (Å²) in [6, 6.07) is 0. The van der Waals surface area contributed by atoms with E-state index >= 15 is 0 Å². The lowest BCUT2D eigenvalue weighted by molar-refractivity contribution is -0.144. The molecule has 0 unspecified atom stereocenters. The molecule has 0 saturated heterocycles. The summed E-state index contributed by atoms with van der Waals surface area (Å²) in [7, 11) is 0. The average molecular weight is 246 g/mol. The third kappa shape index (κ3) is 2.92. The lowest BCUT2D eigenvalue weighted by atomic mass is 9.98. The highest BCUT2D eigenvalue weighted by molar-refractivity contribution is 5.77. The van der Waals surface area contributed by atoms with Crippen molar-refractivity contribution in [3.63, 3.8) is 0 Å². The van der Waals surface area contributed by atoms with Crippen LogP contribution in [0.1, 0.15) is 39.5 Å². The minimum absolute atomic E-state index is 0.142. The Hall–Kier alpha value is -1.31. The number of hydrogen-bond donors (Lipinski definition) is 0. The zero-order valence-corrected chi connectivity index (χ0v) is 11.3. The van der Waals surface area contributed by atoms with Gasteiger partial charge in [0.25, 0.3) is 0 Å². The molecular weight excluding hydrogens is 224 g/mol. The summed E-state index contributed by atoms with van der Waals surface area (Å²) in [4.78, 5) is 11.7. The largest absolute Gasteiger partial charge is 0.465 e. The molecule has 0 N–H and O–H groups in total. The zero-order chi connectivity index (χ0) is 13.0. The van der Waals surface area contributed by atoms with Crippen molar-refractivity contribution in [1.29, 1.82) is 0 Å². The molecule has 0 radical (unpaired) electrons. The van der Waals surface area contributed by atoms with Crippen LogP contribution >= 0.6 is 0 Å². The average Bonchev–Trinajstić information content (AvgIpc) is 2.62. The summed E-state index contributed by atoms with van der Waals surface area (Å²) in [6.07, 6.45) is 13.1. The molecule has 0 saturated carbocycles. The van der Waals surface area contributed by atoms with E-state index < -0.39 is 0 Å². The van der Waals surface area contributed by atoms with Crippen LogP contribution in [0.2, 0.25) is 0 Å². The number of hydrogen-bond acceptors (Lipinski definition) is 2. The topological polar surface area (TPSA) is 26.3 Å². The molecular formula is C16H22O2. The molecule has 0 amide bonds. The number of carbonyl (C=O) groups is 1. The predicted molar refractivity (Wildman–Crippen MR) is 73.1 cm³/mol. The lowest BCUT2D eigenvalue weighted by Crippen LogP contribution is -2.13. The van der Waals surface area contributed by atoms with E-state index in [1.54, 1.807) is 0 Å². The molecule has 98 valence electrons. The highest BCUT2D eigenvalue weighted by atomic mass is 16.5. The Balaban J connectivity index is 2.01. The lowest BCUT2D eigenvalue weighted by Gasteiger charge is -2.09. The predicted octanol–water partition coefficient (Wildman–Crippen LogP) is 3.80. The molecule has 2 nitrogen and oxygen atoms in total. The molecule has 2 rings (SSSR count). The molecule has 0 bridgehead atoms. The van der Waals surface area contributed by atoms with Crippen LogP contribution in [0.15, 0.2) is 35.5 Å². The van der Waals surface area contributed by atoms with Gasteiger partial charge in [0.05, 0.1) is 12.5 Å². The first-order valence-electron chi connectivity index (χ1n) is 6.99. The van der Waals surface area contributed by atoms with E-state index in [9.17, 15) is 4.79 Å². The monoisotopic (exact) mass is 246 g/mol. The van der Waals surface area contributed by atoms with Gasteiger partial charge >= 0.3 is 5.97 Å². The van der Waals surface area contributed by atoms with Crippen LogP contribution in [0.3, 0.4) is 0 Å². The molecule has 18 heavy (non-hydrogen) atoms. The third-order valence-corrected chi connectivity index (χ3v) is 3.69. The van der Waals surface area contributed by atoms with E-state index in [2.05, 4.69) is 19.1 Å². The first-order chi connectivity index (χ1) is 8.74. The van der Waals surface area contributed by atoms with Gasteiger partial charge in [0.15, 0.2) is 0 Å². The molecule has 0 aromatic carbocycles. The Morgan fingerprint density at radius 1 is 1.22 bits per heavy atom. The molecule has 0 aliphatic heterocycles. The first-order valence-corrected chi connectivity index (χ1v) is 6.99. The Kier molecular flexibility index (Phi) is 4.40. The van der Waals surface area contributed by atoms with Gasteiger partial charge < -0.3 is 4.74 Å². The van der Waals surface area contributed by atoms with E-state index in [1.807, 2.05) is 19.1 Å². The van der Waals surface area contributed by atoms with Crippen LogP contribution in [0, 0.1) is 11.8 Å². The van der Waals surface area contributed by atoms with Gasteiger partial charge in [0.1, 0.15) is 0 Å². The normalized spacial score (nSPS) is 20.1. The summed E-state index contributed by atoms with van der Waals surface area (Å²) in [5.74, 6) is 0.449. The third-order valence-electron chi connectivity index (χ3n) is 3.69. The second-order valence-electron chi connectivity index (χ2n) is 5.11. The molecule has 0 atom stereocenters. The van der Waals surface area contributed by atoms with Crippen molar-refractivity contribution in [3.05, 3.63) is 35.5 Å². The van der Waals surface area contributed by atoms with Gasteiger partial charge in [-0.2, -0.15) is 0 Å². The van der Waals surface area contributed by atoms with Crippen molar-refractivity contribution in [1.82, 2.24) is 0 Å². The fourth-order valence-corrected chi connectivity index (χ4v) is 2.82.